The molecule has 1 aromatic carbocycles. The van der Waals surface area contributed by atoms with Gasteiger partial charge in [-0.2, -0.15) is 5.10 Å². The molecule has 0 amide bonds. The van der Waals surface area contributed by atoms with Gasteiger partial charge in [-0.15, -0.1) is 11.3 Å². The summed E-state index contributed by atoms with van der Waals surface area (Å²) in [5, 5.41) is 6.83. The van der Waals surface area contributed by atoms with Crippen LogP contribution in [-0.4, -0.2) is 25.3 Å². The number of imidazole rings is 2. The van der Waals surface area contributed by atoms with Crippen molar-refractivity contribution in [3.8, 4) is 0 Å². The van der Waals surface area contributed by atoms with Crippen LogP contribution in [0.1, 0.15) is 5.69 Å². The van der Waals surface area contributed by atoms with Gasteiger partial charge < -0.3 is 0 Å². The Morgan fingerprint density at radius 1 is 1.30 bits per heavy atom. The van der Waals surface area contributed by atoms with Gasteiger partial charge in [-0.3, -0.25) is 4.40 Å². The Kier molecular flexibility index (Phi) is 2.58. The predicted molar refractivity (Wildman–Crippen MR) is 80.8 cm³/mol. The number of thiazole rings is 1. The molecule has 4 aromatic rings. The molecule has 5 nitrogen and oxygen atoms in total. The van der Waals surface area contributed by atoms with E-state index >= 15 is 0 Å². The number of rotatable bonds is 2. The van der Waals surface area contributed by atoms with E-state index in [0.29, 0.717) is 5.15 Å². The van der Waals surface area contributed by atoms with Crippen molar-refractivity contribution in [2.24, 2.45) is 5.10 Å². The average Bonchev–Trinajstić information content (AvgIpc) is 3.12. The Bertz CT molecular complexity index is 933. The van der Waals surface area contributed by atoms with E-state index < -0.39 is 0 Å². The number of fused-ring (bicyclic) bond motifs is 2. The first kappa shape index (κ1) is 11.6. The monoisotopic (exact) mass is 301 g/mol. The SMILES string of the molecule is Clc1nc2sccn2c1C=Nn1cnc2ccccc21. The quantitative estimate of drug-likeness (QED) is 0.533. The van der Waals surface area contributed by atoms with Crippen molar-refractivity contribution in [1.29, 1.82) is 0 Å². The van der Waals surface area contributed by atoms with Gasteiger partial charge in [0, 0.05) is 11.6 Å². The molecule has 4 rings (SSSR count). The summed E-state index contributed by atoms with van der Waals surface area (Å²) in [6.07, 6.45) is 5.30. The molecule has 7 heteroatoms. The Morgan fingerprint density at radius 2 is 2.20 bits per heavy atom. The van der Waals surface area contributed by atoms with Crippen LogP contribution in [0.3, 0.4) is 0 Å². The van der Waals surface area contributed by atoms with Crippen molar-refractivity contribution in [2.75, 3.05) is 0 Å². The Labute approximate surface area is 122 Å². The van der Waals surface area contributed by atoms with Gasteiger partial charge in [0.1, 0.15) is 12.0 Å². The summed E-state index contributed by atoms with van der Waals surface area (Å²) < 4.78 is 3.63. The summed E-state index contributed by atoms with van der Waals surface area (Å²) in [7, 11) is 0. The lowest BCUT2D eigenvalue weighted by atomic mass is 10.3. The molecule has 0 saturated heterocycles. The molecular formula is C13H8ClN5S. The molecule has 0 spiro atoms. The third kappa shape index (κ3) is 1.73. The van der Waals surface area contributed by atoms with Gasteiger partial charge in [-0.25, -0.2) is 14.6 Å². The van der Waals surface area contributed by atoms with E-state index in [4.69, 9.17) is 11.6 Å². The van der Waals surface area contributed by atoms with Gasteiger partial charge in [0.05, 0.1) is 17.2 Å². The maximum Gasteiger partial charge on any atom is 0.195 e. The highest BCUT2D eigenvalue weighted by molar-refractivity contribution is 7.15. The largest absolute Gasteiger partial charge is 0.288 e. The van der Waals surface area contributed by atoms with E-state index in [1.54, 1.807) is 17.2 Å². The van der Waals surface area contributed by atoms with Crippen LogP contribution in [0.2, 0.25) is 5.15 Å². The number of halogens is 1. The van der Waals surface area contributed by atoms with Crippen LogP contribution in [-0.2, 0) is 0 Å². The zero-order chi connectivity index (χ0) is 13.5. The highest BCUT2D eigenvalue weighted by Crippen LogP contribution is 2.20. The average molecular weight is 302 g/mol. The first-order valence-electron chi connectivity index (χ1n) is 5.90. The van der Waals surface area contributed by atoms with Crippen molar-refractivity contribution < 1.29 is 0 Å². The number of hydrogen-bond acceptors (Lipinski definition) is 4. The molecule has 0 atom stereocenters. The number of benzene rings is 1. The summed E-state index contributed by atoms with van der Waals surface area (Å²) in [4.78, 5) is 9.41. The molecule has 0 radical (unpaired) electrons. The van der Waals surface area contributed by atoms with Crippen molar-refractivity contribution in [2.45, 2.75) is 0 Å². The zero-order valence-corrected chi connectivity index (χ0v) is 11.7. The van der Waals surface area contributed by atoms with Crippen molar-refractivity contribution in [3.05, 3.63) is 53.0 Å². The van der Waals surface area contributed by atoms with Crippen molar-refractivity contribution >= 4 is 45.1 Å². The van der Waals surface area contributed by atoms with Gasteiger partial charge in [0.25, 0.3) is 0 Å². The molecule has 0 aliphatic heterocycles. The lowest BCUT2D eigenvalue weighted by Crippen LogP contribution is -1.92. The van der Waals surface area contributed by atoms with E-state index in [1.165, 1.54) is 11.3 Å². The summed E-state index contributed by atoms with van der Waals surface area (Å²) >= 11 is 7.66. The molecule has 3 heterocycles. The molecule has 0 unspecified atom stereocenters. The fourth-order valence-electron chi connectivity index (χ4n) is 2.05. The fourth-order valence-corrected chi connectivity index (χ4v) is 3.04. The van der Waals surface area contributed by atoms with Crippen LogP contribution in [0.4, 0.5) is 0 Å². The number of para-hydroxylation sites is 2. The van der Waals surface area contributed by atoms with E-state index in [9.17, 15) is 0 Å². The van der Waals surface area contributed by atoms with Crippen LogP contribution in [0.15, 0.2) is 47.3 Å². The van der Waals surface area contributed by atoms with Gasteiger partial charge in [-0.1, -0.05) is 23.7 Å². The van der Waals surface area contributed by atoms with Gasteiger partial charge in [-0.05, 0) is 12.1 Å². The van der Waals surface area contributed by atoms with E-state index in [-0.39, 0.29) is 0 Å². The third-order valence-corrected chi connectivity index (χ3v) is 4.03. The van der Waals surface area contributed by atoms with Crippen LogP contribution in [0.5, 0.6) is 0 Å². The smallest absolute Gasteiger partial charge is 0.195 e. The first-order valence-corrected chi connectivity index (χ1v) is 7.16. The van der Waals surface area contributed by atoms with Crippen molar-refractivity contribution in [1.82, 2.24) is 19.0 Å². The summed E-state index contributed by atoms with van der Waals surface area (Å²) in [5.41, 5.74) is 2.62. The second kappa shape index (κ2) is 4.43. The maximum absolute atomic E-state index is 6.13. The van der Waals surface area contributed by atoms with Gasteiger partial charge in [0.15, 0.2) is 10.1 Å². The van der Waals surface area contributed by atoms with Crippen LogP contribution < -0.4 is 0 Å². The summed E-state index contributed by atoms with van der Waals surface area (Å²) in [5.74, 6) is 0. The fraction of sp³-hybridized carbons (Fsp3) is 0. The lowest BCUT2D eigenvalue weighted by molar-refractivity contribution is 0.912. The number of nitrogens with zero attached hydrogens (tertiary/aromatic N) is 5. The molecule has 0 bridgehead atoms. The van der Waals surface area contributed by atoms with Crippen molar-refractivity contribution in [3.63, 3.8) is 0 Å². The minimum absolute atomic E-state index is 0.449. The van der Waals surface area contributed by atoms with E-state index in [1.807, 2.05) is 40.2 Å². The molecule has 0 N–H and O–H groups in total. The summed E-state index contributed by atoms with van der Waals surface area (Å²) in [6.45, 7) is 0. The normalized spacial score (nSPS) is 12.1. The van der Waals surface area contributed by atoms with Crippen LogP contribution >= 0.6 is 22.9 Å². The number of hydrogen-bond donors (Lipinski definition) is 0. The molecule has 0 aliphatic carbocycles. The zero-order valence-electron chi connectivity index (χ0n) is 10.1. The Hall–Kier alpha value is -2.18. The second-order valence-electron chi connectivity index (χ2n) is 4.17. The highest BCUT2D eigenvalue weighted by atomic mass is 35.5. The standard InChI is InChI=1S/C13H8ClN5S/c14-12-11(18-5-6-20-13(18)17-12)7-16-19-8-15-9-3-1-2-4-10(9)19/h1-8H. The molecule has 0 saturated carbocycles. The predicted octanol–water partition coefficient (Wildman–Crippen LogP) is 3.28. The molecule has 98 valence electrons. The Morgan fingerprint density at radius 3 is 3.15 bits per heavy atom. The minimum atomic E-state index is 0.449. The molecular weight excluding hydrogens is 294 g/mol. The second-order valence-corrected chi connectivity index (χ2v) is 5.40. The number of aromatic nitrogens is 4. The van der Waals surface area contributed by atoms with Crippen LogP contribution in [0, 0.1) is 0 Å². The topological polar surface area (TPSA) is 47.5 Å². The molecule has 3 aromatic heterocycles. The third-order valence-electron chi connectivity index (χ3n) is 2.99. The van der Waals surface area contributed by atoms with Crippen LogP contribution in [0.25, 0.3) is 16.0 Å². The van der Waals surface area contributed by atoms with E-state index in [2.05, 4.69) is 15.1 Å². The highest BCUT2D eigenvalue weighted by Gasteiger charge is 2.09. The summed E-state index contributed by atoms with van der Waals surface area (Å²) in [6, 6.07) is 7.83. The molecule has 20 heavy (non-hydrogen) atoms. The van der Waals surface area contributed by atoms with Gasteiger partial charge in [0.2, 0.25) is 0 Å². The first-order chi connectivity index (χ1) is 9.83. The molecule has 0 aliphatic rings. The maximum atomic E-state index is 6.13. The van der Waals surface area contributed by atoms with Gasteiger partial charge >= 0.3 is 0 Å². The minimum Gasteiger partial charge on any atom is -0.288 e. The van der Waals surface area contributed by atoms with E-state index in [0.717, 1.165) is 21.7 Å². The molecule has 0 fully saturated rings. The Balaban J connectivity index is 1.82. The lowest BCUT2D eigenvalue weighted by Gasteiger charge is -1.95.